The molecule has 1 aliphatic rings. The fourth-order valence-electron chi connectivity index (χ4n) is 2.54. The summed E-state index contributed by atoms with van der Waals surface area (Å²) in [6, 6.07) is 4.55. The van der Waals surface area contributed by atoms with Crippen molar-refractivity contribution in [1.82, 2.24) is 10.6 Å². The number of carbonyl (C=O) groups excluding carboxylic acids is 2. The van der Waals surface area contributed by atoms with Crippen LogP contribution in [0.4, 0.5) is 18.9 Å². The Hall–Kier alpha value is -1.80. The van der Waals surface area contributed by atoms with Crippen LogP contribution in [0.3, 0.4) is 0 Å². The van der Waals surface area contributed by atoms with Gasteiger partial charge in [0.05, 0.1) is 0 Å². The van der Waals surface area contributed by atoms with Gasteiger partial charge in [-0.2, -0.15) is 13.2 Å². The number of hydrogen-bond acceptors (Lipinski definition) is 3. The van der Waals surface area contributed by atoms with Gasteiger partial charge in [-0.25, -0.2) is 0 Å². The van der Waals surface area contributed by atoms with Gasteiger partial charge < -0.3 is 16.0 Å². The standard InChI is InChI=1S/C16H20F3N3O2.ClH/c1-10-4-5-11(15(24)21-9-16(17,18)19)7-13(10)22-14(23)8-12-3-2-6-20-12;/h4-5,7,12,20H,2-3,6,8-9H2,1H3,(H,21,24)(H,22,23);1H. The Kier molecular flexibility index (Phi) is 7.69. The quantitative estimate of drug-likeness (QED) is 0.736. The molecule has 2 amide bonds. The van der Waals surface area contributed by atoms with Crippen LogP contribution in [0.15, 0.2) is 18.2 Å². The van der Waals surface area contributed by atoms with E-state index in [1.165, 1.54) is 12.1 Å². The highest BCUT2D eigenvalue weighted by atomic mass is 35.5. The second-order valence-electron chi connectivity index (χ2n) is 5.87. The Morgan fingerprint density at radius 1 is 1.32 bits per heavy atom. The first kappa shape index (κ1) is 21.2. The van der Waals surface area contributed by atoms with E-state index in [0.29, 0.717) is 12.1 Å². The Labute approximate surface area is 150 Å². The summed E-state index contributed by atoms with van der Waals surface area (Å²) in [5.74, 6) is -1.02. The Morgan fingerprint density at radius 3 is 2.64 bits per heavy atom. The van der Waals surface area contributed by atoms with Crippen LogP contribution in [-0.4, -0.2) is 37.1 Å². The van der Waals surface area contributed by atoms with Gasteiger partial charge in [0, 0.05) is 23.7 Å². The molecule has 140 valence electrons. The summed E-state index contributed by atoms with van der Waals surface area (Å²) in [7, 11) is 0. The topological polar surface area (TPSA) is 70.2 Å². The smallest absolute Gasteiger partial charge is 0.343 e. The van der Waals surface area contributed by atoms with Crippen LogP contribution in [0.1, 0.15) is 35.2 Å². The van der Waals surface area contributed by atoms with E-state index in [2.05, 4.69) is 10.6 Å². The molecule has 3 N–H and O–H groups in total. The van der Waals surface area contributed by atoms with Crippen molar-refractivity contribution in [3.63, 3.8) is 0 Å². The second-order valence-corrected chi connectivity index (χ2v) is 5.87. The Balaban J connectivity index is 0.00000312. The van der Waals surface area contributed by atoms with E-state index in [1.807, 2.05) is 5.32 Å². The highest BCUT2D eigenvalue weighted by Gasteiger charge is 2.28. The molecule has 1 saturated heterocycles. The van der Waals surface area contributed by atoms with Crippen molar-refractivity contribution < 1.29 is 22.8 Å². The van der Waals surface area contributed by atoms with Crippen molar-refractivity contribution in [3.05, 3.63) is 29.3 Å². The van der Waals surface area contributed by atoms with Gasteiger partial charge in [-0.05, 0) is 44.0 Å². The monoisotopic (exact) mass is 379 g/mol. The molecule has 0 aromatic heterocycles. The zero-order chi connectivity index (χ0) is 17.7. The largest absolute Gasteiger partial charge is 0.405 e. The number of carbonyl (C=O) groups is 2. The minimum atomic E-state index is -4.47. The van der Waals surface area contributed by atoms with E-state index in [4.69, 9.17) is 0 Å². The predicted molar refractivity (Wildman–Crippen MR) is 91.1 cm³/mol. The van der Waals surface area contributed by atoms with Gasteiger partial charge in [0.15, 0.2) is 0 Å². The van der Waals surface area contributed by atoms with Gasteiger partial charge in [-0.3, -0.25) is 9.59 Å². The van der Waals surface area contributed by atoms with Crippen molar-refractivity contribution in [2.45, 2.75) is 38.4 Å². The normalized spacial score (nSPS) is 16.9. The molecule has 0 saturated carbocycles. The zero-order valence-corrected chi connectivity index (χ0v) is 14.5. The van der Waals surface area contributed by atoms with Gasteiger partial charge in [0.1, 0.15) is 6.54 Å². The third-order valence-electron chi connectivity index (χ3n) is 3.82. The van der Waals surface area contributed by atoms with Crippen LogP contribution in [0.25, 0.3) is 0 Å². The lowest BCUT2D eigenvalue weighted by molar-refractivity contribution is -0.123. The molecule has 9 heteroatoms. The molecular formula is C16H21ClF3N3O2. The molecule has 1 aromatic carbocycles. The van der Waals surface area contributed by atoms with Crippen LogP contribution < -0.4 is 16.0 Å². The first-order chi connectivity index (χ1) is 11.2. The average Bonchev–Trinajstić information content (AvgIpc) is 2.99. The first-order valence-electron chi connectivity index (χ1n) is 7.73. The van der Waals surface area contributed by atoms with E-state index < -0.39 is 18.6 Å². The third-order valence-corrected chi connectivity index (χ3v) is 3.82. The third kappa shape index (κ3) is 6.91. The summed E-state index contributed by atoms with van der Waals surface area (Å²) in [6.45, 7) is 1.25. The fourth-order valence-corrected chi connectivity index (χ4v) is 2.54. The van der Waals surface area contributed by atoms with Crippen molar-refractivity contribution in [2.24, 2.45) is 0 Å². The SMILES string of the molecule is Cc1ccc(C(=O)NCC(F)(F)F)cc1NC(=O)CC1CCCN1.Cl. The van der Waals surface area contributed by atoms with Crippen molar-refractivity contribution in [2.75, 3.05) is 18.4 Å². The van der Waals surface area contributed by atoms with E-state index >= 15 is 0 Å². The molecule has 0 spiro atoms. The summed E-state index contributed by atoms with van der Waals surface area (Å²) >= 11 is 0. The molecule has 2 rings (SSSR count). The molecular weight excluding hydrogens is 359 g/mol. The summed E-state index contributed by atoms with van der Waals surface area (Å²) in [6.07, 6.45) is -2.17. The van der Waals surface area contributed by atoms with E-state index in [9.17, 15) is 22.8 Å². The molecule has 25 heavy (non-hydrogen) atoms. The molecule has 1 unspecified atom stereocenters. The molecule has 1 heterocycles. The van der Waals surface area contributed by atoms with Gasteiger partial charge >= 0.3 is 6.18 Å². The van der Waals surface area contributed by atoms with Crippen LogP contribution >= 0.6 is 12.4 Å². The zero-order valence-electron chi connectivity index (χ0n) is 13.7. The van der Waals surface area contributed by atoms with Crippen molar-refractivity contribution >= 4 is 29.9 Å². The number of halogens is 4. The molecule has 1 aliphatic heterocycles. The summed E-state index contributed by atoms with van der Waals surface area (Å²) in [4.78, 5) is 23.8. The molecule has 5 nitrogen and oxygen atoms in total. The number of hydrogen-bond donors (Lipinski definition) is 3. The lowest BCUT2D eigenvalue weighted by Crippen LogP contribution is -2.33. The maximum absolute atomic E-state index is 12.2. The predicted octanol–water partition coefficient (Wildman–Crippen LogP) is 2.79. The van der Waals surface area contributed by atoms with E-state index in [1.54, 1.807) is 13.0 Å². The first-order valence-corrected chi connectivity index (χ1v) is 7.73. The minimum absolute atomic E-state index is 0. The van der Waals surface area contributed by atoms with E-state index in [0.717, 1.165) is 24.9 Å². The number of rotatable bonds is 5. The van der Waals surface area contributed by atoms with Gasteiger partial charge in [-0.1, -0.05) is 6.07 Å². The van der Waals surface area contributed by atoms with Crippen LogP contribution in [0.2, 0.25) is 0 Å². The Morgan fingerprint density at radius 2 is 2.04 bits per heavy atom. The van der Waals surface area contributed by atoms with Crippen LogP contribution in [0, 0.1) is 6.92 Å². The molecule has 0 radical (unpaired) electrons. The number of amides is 2. The fraction of sp³-hybridized carbons (Fsp3) is 0.500. The van der Waals surface area contributed by atoms with Crippen LogP contribution in [0.5, 0.6) is 0 Å². The van der Waals surface area contributed by atoms with Crippen molar-refractivity contribution in [1.29, 1.82) is 0 Å². The molecule has 1 atom stereocenters. The second kappa shape index (κ2) is 9.05. The molecule has 0 aliphatic carbocycles. The lowest BCUT2D eigenvalue weighted by atomic mass is 10.1. The highest BCUT2D eigenvalue weighted by Crippen LogP contribution is 2.19. The summed E-state index contributed by atoms with van der Waals surface area (Å²) in [5, 5.41) is 7.75. The highest BCUT2D eigenvalue weighted by molar-refractivity contribution is 5.97. The van der Waals surface area contributed by atoms with Gasteiger partial charge in [0.2, 0.25) is 5.91 Å². The van der Waals surface area contributed by atoms with Gasteiger partial charge in [-0.15, -0.1) is 12.4 Å². The maximum atomic E-state index is 12.2. The molecule has 1 aromatic rings. The Bertz CT molecular complexity index is 617. The molecule has 1 fully saturated rings. The van der Waals surface area contributed by atoms with Crippen molar-refractivity contribution in [3.8, 4) is 0 Å². The number of anilines is 1. The minimum Gasteiger partial charge on any atom is -0.343 e. The average molecular weight is 380 g/mol. The van der Waals surface area contributed by atoms with E-state index in [-0.39, 0.29) is 29.9 Å². The lowest BCUT2D eigenvalue weighted by Gasteiger charge is -2.14. The maximum Gasteiger partial charge on any atom is 0.405 e. The molecule has 0 bridgehead atoms. The number of benzene rings is 1. The number of nitrogens with one attached hydrogen (secondary N) is 3. The van der Waals surface area contributed by atoms with Crippen LogP contribution in [-0.2, 0) is 4.79 Å². The number of alkyl halides is 3. The number of aryl methyl sites for hydroxylation is 1. The summed E-state index contributed by atoms with van der Waals surface area (Å²) in [5.41, 5.74) is 1.23. The summed E-state index contributed by atoms with van der Waals surface area (Å²) < 4.78 is 36.5. The van der Waals surface area contributed by atoms with Gasteiger partial charge in [0.25, 0.3) is 5.91 Å².